The molecule has 0 spiro atoms. The van der Waals surface area contributed by atoms with Gasteiger partial charge in [-0.05, 0) is 31.2 Å². The van der Waals surface area contributed by atoms with Gasteiger partial charge in [0.1, 0.15) is 0 Å². The Kier molecular flexibility index (Phi) is 3.99. The summed E-state index contributed by atoms with van der Waals surface area (Å²) in [5.41, 5.74) is 9.13. The highest BCUT2D eigenvalue weighted by molar-refractivity contribution is 5.40. The van der Waals surface area contributed by atoms with Crippen molar-refractivity contribution in [3.05, 3.63) is 47.8 Å². The van der Waals surface area contributed by atoms with E-state index in [1.54, 1.807) is 0 Å². The zero-order chi connectivity index (χ0) is 13.0. The van der Waals surface area contributed by atoms with E-state index in [9.17, 15) is 0 Å². The molecular formula is C14H20N4. The molecule has 0 fully saturated rings. The zero-order valence-corrected chi connectivity index (χ0v) is 11.0. The average molecular weight is 244 g/mol. The number of hydrogen-bond donors (Lipinski definition) is 1. The molecule has 2 aromatic rings. The predicted molar refractivity (Wildman–Crippen MR) is 74.1 cm³/mol. The van der Waals surface area contributed by atoms with Gasteiger partial charge in [0.25, 0.3) is 0 Å². The lowest BCUT2D eigenvalue weighted by molar-refractivity contribution is 0.331. The third-order valence-electron chi connectivity index (χ3n) is 2.94. The van der Waals surface area contributed by atoms with Crippen LogP contribution in [0.3, 0.4) is 0 Å². The fraction of sp³-hybridized carbons (Fsp3) is 0.357. The highest BCUT2D eigenvalue weighted by Crippen LogP contribution is 2.08. The molecule has 0 aliphatic carbocycles. The van der Waals surface area contributed by atoms with E-state index in [1.807, 2.05) is 36.1 Å². The number of nitrogens with zero attached hydrogens (tertiary/aromatic N) is 3. The molecule has 1 heterocycles. The van der Waals surface area contributed by atoms with Crippen LogP contribution in [0.5, 0.6) is 0 Å². The fourth-order valence-electron chi connectivity index (χ4n) is 2.01. The molecule has 0 radical (unpaired) electrons. The van der Waals surface area contributed by atoms with Crippen molar-refractivity contribution in [3.8, 4) is 0 Å². The molecule has 0 bridgehead atoms. The topological polar surface area (TPSA) is 47.1 Å². The van der Waals surface area contributed by atoms with E-state index in [-0.39, 0.29) is 0 Å². The second kappa shape index (κ2) is 5.69. The first-order valence-electron chi connectivity index (χ1n) is 6.14. The normalized spacial score (nSPS) is 11.1. The summed E-state index contributed by atoms with van der Waals surface area (Å²) in [6.07, 6.45) is 4.98. The second-order valence-electron chi connectivity index (χ2n) is 4.76. The Labute approximate surface area is 108 Å². The number of hydrogen-bond acceptors (Lipinski definition) is 3. The minimum Gasteiger partial charge on any atom is -0.399 e. The lowest BCUT2D eigenvalue weighted by Crippen LogP contribution is -2.20. The predicted octanol–water partition coefficient (Wildman–Crippen LogP) is 1.68. The van der Waals surface area contributed by atoms with Crippen LogP contribution >= 0.6 is 0 Å². The quantitative estimate of drug-likeness (QED) is 0.814. The fourth-order valence-corrected chi connectivity index (χ4v) is 2.01. The molecule has 2 rings (SSSR count). The number of rotatable bonds is 5. The summed E-state index contributed by atoms with van der Waals surface area (Å²) >= 11 is 0. The Morgan fingerprint density at radius 3 is 2.83 bits per heavy atom. The van der Waals surface area contributed by atoms with Gasteiger partial charge in [-0.3, -0.25) is 4.68 Å². The third-order valence-corrected chi connectivity index (χ3v) is 2.94. The standard InChI is InChI=1S/C14H20N4/c1-17(10-13-9-16-18(2)11-13)7-6-12-4-3-5-14(15)8-12/h3-5,8-9,11H,6-7,10,15H2,1-2H3. The maximum absolute atomic E-state index is 5.77. The van der Waals surface area contributed by atoms with Crippen LogP contribution in [-0.4, -0.2) is 28.3 Å². The molecule has 0 saturated carbocycles. The summed E-state index contributed by atoms with van der Waals surface area (Å²) in [5, 5.41) is 4.17. The summed E-state index contributed by atoms with van der Waals surface area (Å²) in [6.45, 7) is 1.94. The number of nitrogen functional groups attached to an aromatic ring is 1. The van der Waals surface area contributed by atoms with E-state index in [2.05, 4.69) is 29.3 Å². The molecule has 0 unspecified atom stereocenters. The molecule has 2 N–H and O–H groups in total. The van der Waals surface area contributed by atoms with Crippen molar-refractivity contribution in [1.82, 2.24) is 14.7 Å². The van der Waals surface area contributed by atoms with Crippen LogP contribution in [0.25, 0.3) is 0 Å². The van der Waals surface area contributed by atoms with Gasteiger partial charge in [-0.15, -0.1) is 0 Å². The summed E-state index contributed by atoms with van der Waals surface area (Å²) in [6, 6.07) is 8.08. The first-order valence-corrected chi connectivity index (χ1v) is 6.14. The van der Waals surface area contributed by atoms with Gasteiger partial charge >= 0.3 is 0 Å². The van der Waals surface area contributed by atoms with Gasteiger partial charge in [0.05, 0.1) is 6.20 Å². The van der Waals surface area contributed by atoms with Gasteiger partial charge in [0.15, 0.2) is 0 Å². The molecule has 0 saturated heterocycles. The van der Waals surface area contributed by atoms with Gasteiger partial charge < -0.3 is 10.6 Å². The minimum atomic E-state index is 0.836. The molecular weight excluding hydrogens is 224 g/mol. The third kappa shape index (κ3) is 3.60. The van der Waals surface area contributed by atoms with E-state index in [0.29, 0.717) is 0 Å². The summed E-state index contributed by atoms with van der Waals surface area (Å²) in [4.78, 5) is 2.29. The number of likely N-dealkylation sites (N-methyl/N-ethyl adjacent to an activating group) is 1. The van der Waals surface area contributed by atoms with Gasteiger partial charge in [-0.1, -0.05) is 12.1 Å². The largest absolute Gasteiger partial charge is 0.399 e. The lowest BCUT2D eigenvalue weighted by atomic mass is 10.1. The van der Waals surface area contributed by atoms with Gasteiger partial charge in [-0.25, -0.2) is 0 Å². The van der Waals surface area contributed by atoms with Crippen molar-refractivity contribution in [1.29, 1.82) is 0 Å². The second-order valence-corrected chi connectivity index (χ2v) is 4.76. The number of anilines is 1. The first kappa shape index (κ1) is 12.6. The van der Waals surface area contributed by atoms with Crippen molar-refractivity contribution < 1.29 is 0 Å². The van der Waals surface area contributed by atoms with Crippen LogP contribution < -0.4 is 5.73 Å². The Hall–Kier alpha value is -1.81. The molecule has 4 heteroatoms. The Morgan fingerprint density at radius 1 is 1.33 bits per heavy atom. The lowest BCUT2D eigenvalue weighted by Gasteiger charge is -2.15. The minimum absolute atomic E-state index is 0.836. The van der Waals surface area contributed by atoms with Crippen molar-refractivity contribution in [2.24, 2.45) is 7.05 Å². The van der Waals surface area contributed by atoms with Crippen molar-refractivity contribution in [2.45, 2.75) is 13.0 Å². The van der Waals surface area contributed by atoms with E-state index in [1.165, 1.54) is 11.1 Å². The van der Waals surface area contributed by atoms with Crippen molar-refractivity contribution in [2.75, 3.05) is 19.3 Å². The number of nitrogens with two attached hydrogens (primary N) is 1. The van der Waals surface area contributed by atoms with E-state index in [0.717, 1.165) is 25.2 Å². The van der Waals surface area contributed by atoms with Crippen molar-refractivity contribution >= 4 is 5.69 Å². The van der Waals surface area contributed by atoms with E-state index < -0.39 is 0 Å². The summed E-state index contributed by atoms with van der Waals surface area (Å²) < 4.78 is 1.83. The molecule has 0 aliphatic heterocycles. The summed E-state index contributed by atoms with van der Waals surface area (Å²) in [7, 11) is 4.07. The van der Waals surface area contributed by atoms with Crippen LogP contribution in [0.15, 0.2) is 36.7 Å². The maximum Gasteiger partial charge on any atom is 0.0534 e. The van der Waals surface area contributed by atoms with E-state index >= 15 is 0 Å². The van der Waals surface area contributed by atoms with Gasteiger partial charge in [0.2, 0.25) is 0 Å². The first-order chi connectivity index (χ1) is 8.63. The monoisotopic (exact) mass is 244 g/mol. The highest BCUT2D eigenvalue weighted by Gasteiger charge is 2.03. The molecule has 96 valence electrons. The Bertz CT molecular complexity index is 504. The molecule has 18 heavy (non-hydrogen) atoms. The van der Waals surface area contributed by atoms with Crippen LogP contribution in [-0.2, 0) is 20.0 Å². The Morgan fingerprint density at radius 2 is 2.17 bits per heavy atom. The van der Waals surface area contributed by atoms with Gasteiger partial charge in [0, 0.05) is 37.6 Å². The number of aromatic nitrogens is 2. The molecule has 4 nitrogen and oxygen atoms in total. The van der Waals surface area contributed by atoms with Crippen LogP contribution in [0.1, 0.15) is 11.1 Å². The molecule has 0 amide bonds. The molecule has 1 aromatic carbocycles. The Balaban J connectivity index is 1.83. The smallest absolute Gasteiger partial charge is 0.0534 e. The van der Waals surface area contributed by atoms with Crippen molar-refractivity contribution in [3.63, 3.8) is 0 Å². The van der Waals surface area contributed by atoms with Crippen LogP contribution in [0.4, 0.5) is 5.69 Å². The molecule has 0 atom stereocenters. The zero-order valence-electron chi connectivity index (χ0n) is 11.0. The number of aryl methyl sites for hydroxylation is 1. The van der Waals surface area contributed by atoms with Gasteiger partial charge in [-0.2, -0.15) is 5.10 Å². The SMILES string of the molecule is CN(CCc1cccc(N)c1)Cc1cnn(C)c1. The molecule has 0 aliphatic rings. The average Bonchev–Trinajstić information content (AvgIpc) is 2.72. The molecule has 1 aromatic heterocycles. The highest BCUT2D eigenvalue weighted by atomic mass is 15.2. The number of benzene rings is 1. The van der Waals surface area contributed by atoms with Crippen LogP contribution in [0, 0.1) is 0 Å². The van der Waals surface area contributed by atoms with E-state index in [4.69, 9.17) is 5.73 Å². The van der Waals surface area contributed by atoms with Crippen LogP contribution in [0.2, 0.25) is 0 Å². The summed E-state index contributed by atoms with van der Waals surface area (Å²) in [5.74, 6) is 0. The maximum atomic E-state index is 5.77.